The minimum Gasteiger partial charge on any atom is -0.346 e. The van der Waals surface area contributed by atoms with Gasteiger partial charge in [-0.05, 0) is 11.8 Å². The van der Waals surface area contributed by atoms with E-state index in [1.54, 1.807) is 4.90 Å². The Bertz CT molecular complexity index is 261. The molecule has 1 saturated heterocycles. The number of nitrogens with one attached hydrogen (secondary N) is 1. The highest BCUT2D eigenvalue weighted by atomic mass is 16.2. The third kappa shape index (κ3) is 2.70. The molecule has 15 heavy (non-hydrogen) atoms. The van der Waals surface area contributed by atoms with Gasteiger partial charge in [-0.25, -0.2) is 0 Å². The maximum atomic E-state index is 11.7. The first kappa shape index (κ1) is 12.0. The lowest BCUT2D eigenvalue weighted by molar-refractivity contribution is -0.151. The largest absolute Gasteiger partial charge is 0.346 e. The van der Waals surface area contributed by atoms with Gasteiger partial charge in [0.1, 0.15) is 0 Å². The number of piperazine rings is 1. The summed E-state index contributed by atoms with van der Waals surface area (Å²) in [5.74, 6) is -0.0874. The predicted molar refractivity (Wildman–Crippen MR) is 58.2 cm³/mol. The molecule has 0 radical (unpaired) electrons. The maximum Gasteiger partial charge on any atom is 0.312 e. The van der Waals surface area contributed by atoms with Crippen LogP contribution in [-0.4, -0.2) is 35.8 Å². The average molecular weight is 212 g/mol. The molecular formula is C11H20N2O2. The number of rotatable bonds is 3. The van der Waals surface area contributed by atoms with E-state index in [1.807, 2.05) is 0 Å². The highest BCUT2D eigenvalue weighted by Crippen LogP contribution is 2.15. The number of amides is 2. The molecule has 1 N–H and O–H groups in total. The van der Waals surface area contributed by atoms with Gasteiger partial charge in [-0.3, -0.25) is 9.59 Å². The quantitative estimate of drug-likeness (QED) is 0.697. The van der Waals surface area contributed by atoms with Crippen molar-refractivity contribution in [2.24, 2.45) is 11.8 Å². The number of carbonyl (C=O) groups excluding carboxylic acids is 2. The molecular weight excluding hydrogens is 192 g/mol. The van der Waals surface area contributed by atoms with Crippen molar-refractivity contribution in [2.75, 3.05) is 13.1 Å². The van der Waals surface area contributed by atoms with Crippen LogP contribution in [0.5, 0.6) is 0 Å². The first-order valence-electron chi connectivity index (χ1n) is 5.52. The van der Waals surface area contributed by atoms with Crippen molar-refractivity contribution < 1.29 is 9.59 Å². The van der Waals surface area contributed by atoms with Crippen molar-refractivity contribution in [2.45, 2.75) is 33.7 Å². The van der Waals surface area contributed by atoms with Crippen LogP contribution in [0.2, 0.25) is 0 Å². The van der Waals surface area contributed by atoms with E-state index in [1.165, 1.54) is 0 Å². The summed E-state index contributed by atoms with van der Waals surface area (Å²) >= 11 is 0. The molecule has 0 unspecified atom stereocenters. The van der Waals surface area contributed by atoms with E-state index in [9.17, 15) is 9.59 Å². The van der Waals surface area contributed by atoms with Gasteiger partial charge in [-0.15, -0.1) is 0 Å². The summed E-state index contributed by atoms with van der Waals surface area (Å²) < 4.78 is 0. The standard InChI is InChI=1S/C11H20N2O2/c1-7(2)6-13-9(8(3)4)5-12-10(14)11(13)15/h7-9H,5-6H2,1-4H3,(H,12,14)/t9-/m1/s1. The van der Waals surface area contributed by atoms with Crippen molar-refractivity contribution in [1.29, 1.82) is 0 Å². The summed E-state index contributed by atoms with van der Waals surface area (Å²) in [7, 11) is 0. The molecule has 0 aromatic heterocycles. The van der Waals surface area contributed by atoms with E-state index in [0.29, 0.717) is 24.9 Å². The van der Waals surface area contributed by atoms with Crippen LogP contribution in [0.4, 0.5) is 0 Å². The van der Waals surface area contributed by atoms with E-state index in [-0.39, 0.29) is 11.9 Å². The Labute approximate surface area is 91.0 Å². The van der Waals surface area contributed by atoms with Crippen LogP contribution in [0, 0.1) is 11.8 Å². The lowest BCUT2D eigenvalue weighted by atomic mass is 9.99. The van der Waals surface area contributed by atoms with Crippen LogP contribution >= 0.6 is 0 Å². The van der Waals surface area contributed by atoms with Gasteiger partial charge in [-0.2, -0.15) is 0 Å². The van der Waals surface area contributed by atoms with Crippen molar-refractivity contribution >= 4 is 11.8 Å². The molecule has 0 spiro atoms. The number of carbonyl (C=O) groups is 2. The van der Waals surface area contributed by atoms with Crippen molar-refractivity contribution in [1.82, 2.24) is 10.2 Å². The molecule has 0 saturated carbocycles. The van der Waals surface area contributed by atoms with Crippen LogP contribution in [0.25, 0.3) is 0 Å². The van der Waals surface area contributed by atoms with Gasteiger partial charge in [0.2, 0.25) is 0 Å². The molecule has 1 fully saturated rings. The molecule has 1 rings (SSSR count). The highest BCUT2D eigenvalue weighted by Gasteiger charge is 2.35. The smallest absolute Gasteiger partial charge is 0.312 e. The average Bonchev–Trinajstić information content (AvgIpc) is 2.12. The van der Waals surface area contributed by atoms with Crippen LogP contribution in [0.3, 0.4) is 0 Å². The van der Waals surface area contributed by atoms with Gasteiger partial charge < -0.3 is 10.2 Å². The zero-order valence-electron chi connectivity index (χ0n) is 9.91. The van der Waals surface area contributed by atoms with E-state index in [2.05, 4.69) is 33.0 Å². The summed E-state index contributed by atoms with van der Waals surface area (Å²) in [4.78, 5) is 24.7. The topological polar surface area (TPSA) is 49.4 Å². The fourth-order valence-electron chi connectivity index (χ4n) is 1.87. The minimum atomic E-state index is -0.465. The van der Waals surface area contributed by atoms with Gasteiger partial charge in [0.25, 0.3) is 0 Å². The molecule has 0 bridgehead atoms. The van der Waals surface area contributed by atoms with Gasteiger partial charge >= 0.3 is 11.8 Å². The molecule has 4 nitrogen and oxygen atoms in total. The lowest BCUT2D eigenvalue weighted by Crippen LogP contribution is -2.60. The van der Waals surface area contributed by atoms with Gasteiger partial charge in [0, 0.05) is 13.1 Å². The van der Waals surface area contributed by atoms with Crippen molar-refractivity contribution in [3.8, 4) is 0 Å². The van der Waals surface area contributed by atoms with Crippen LogP contribution in [0.15, 0.2) is 0 Å². The Morgan fingerprint density at radius 1 is 1.33 bits per heavy atom. The monoisotopic (exact) mass is 212 g/mol. The van der Waals surface area contributed by atoms with E-state index in [4.69, 9.17) is 0 Å². The number of hydrogen-bond acceptors (Lipinski definition) is 2. The molecule has 0 aliphatic carbocycles. The van der Waals surface area contributed by atoms with Crippen molar-refractivity contribution in [3.05, 3.63) is 0 Å². The fourth-order valence-corrected chi connectivity index (χ4v) is 1.87. The predicted octanol–water partition coefficient (Wildman–Crippen LogP) is 0.625. The zero-order valence-corrected chi connectivity index (χ0v) is 9.91. The van der Waals surface area contributed by atoms with Gasteiger partial charge in [0.05, 0.1) is 6.04 Å². The Kier molecular flexibility index (Phi) is 3.72. The second kappa shape index (κ2) is 4.64. The molecule has 1 atom stereocenters. The highest BCUT2D eigenvalue weighted by molar-refractivity contribution is 6.35. The molecule has 0 aromatic rings. The van der Waals surface area contributed by atoms with Crippen LogP contribution in [0.1, 0.15) is 27.7 Å². The minimum absolute atomic E-state index is 0.137. The fraction of sp³-hybridized carbons (Fsp3) is 0.818. The Balaban J connectivity index is 2.79. The number of hydrogen-bond donors (Lipinski definition) is 1. The molecule has 1 aliphatic heterocycles. The molecule has 1 aliphatic rings. The summed E-state index contributed by atoms with van der Waals surface area (Å²) in [5.41, 5.74) is 0. The molecule has 4 heteroatoms. The Morgan fingerprint density at radius 2 is 1.93 bits per heavy atom. The molecule has 0 aromatic carbocycles. The summed E-state index contributed by atoms with van der Waals surface area (Å²) in [6.45, 7) is 9.49. The summed E-state index contributed by atoms with van der Waals surface area (Å²) in [5, 5.41) is 2.64. The second-order valence-electron chi connectivity index (χ2n) is 4.87. The Morgan fingerprint density at radius 3 is 2.40 bits per heavy atom. The second-order valence-corrected chi connectivity index (χ2v) is 4.87. The van der Waals surface area contributed by atoms with E-state index >= 15 is 0 Å². The van der Waals surface area contributed by atoms with E-state index < -0.39 is 5.91 Å². The molecule has 86 valence electrons. The molecule has 1 heterocycles. The van der Waals surface area contributed by atoms with Crippen LogP contribution in [-0.2, 0) is 9.59 Å². The lowest BCUT2D eigenvalue weighted by Gasteiger charge is -2.38. The summed E-state index contributed by atoms with van der Waals surface area (Å²) in [6.07, 6.45) is 0. The van der Waals surface area contributed by atoms with Gasteiger partial charge in [0.15, 0.2) is 0 Å². The van der Waals surface area contributed by atoms with Gasteiger partial charge in [-0.1, -0.05) is 27.7 Å². The maximum absolute atomic E-state index is 11.7. The number of nitrogens with zero attached hydrogens (tertiary/aromatic N) is 1. The van der Waals surface area contributed by atoms with E-state index in [0.717, 1.165) is 0 Å². The third-order valence-corrected chi connectivity index (χ3v) is 2.66. The Hall–Kier alpha value is -1.06. The third-order valence-electron chi connectivity index (χ3n) is 2.66. The normalized spacial score (nSPS) is 22.5. The molecule has 2 amide bonds. The van der Waals surface area contributed by atoms with Crippen molar-refractivity contribution in [3.63, 3.8) is 0 Å². The SMILES string of the molecule is CC(C)CN1C(=O)C(=O)NC[C@@H]1C(C)C. The first-order valence-corrected chi connectivity index (χ1v) is 5.52. The first-order chi connectivity index (χ1) is 6.93. The zero-order chi connectivity index (χ0) is 11.6. The summed E-state index contributed by atoms with van der Waals surface area (Å²) in [6, 6.07) is 0.137. The van der Waals surface area contributed by atoms with Crippen LogP contribution < -0.4 is 5.32 Å².